The van der Waals surface area contributed by atoms with Crippen molar-refractivity contribution >= 4 is 0 Å². The Kier molecular flexibility index (Phi) is 4.40. The van der Waals surface area contributed by atoms with Crippen LogP contribution < -0.4 is 0 Å². The summed E-state index contributed by atoms with van der Waals surface area (Å²) in [4.78, 5) is 1.61. The van der Waals surface area contributed by atoms with Crippen molar-refractivity contribution < 1.29 is 18.3 Å². The third-order valence-electron chi connectivity index (χ3n) is 2.76. The Morgan fingerprint density at radius 1 is 1.35 bits per heavy atom. The van der Waals surface area contributed by atoms with Crippen LogP contribution in [0.5, 0.6) is 5.75 Å². The molecule has 17 heavy (non-hydrogen) atoms. The molecule has 0 heterocycles. The molecule has 1 rings (SSSR count). The zero-order valence-electron chi connectivity index (χ0n) is 9.83. The lowest BCUT2D eigenvalue weighted by Crippen LogP contribution is -2.27. The maximum atomic E-state index is 12.1. The number of hydrogen-bond donors (Lipinski definition) is 1. The average molecular weight is 247 g/mol. The number of hydrogen-bond acceptors (Lipinski definition) is 2. The number of phenolic OH excluding ortho intramolecular Hbond substituents is 1. The molecule has 0 amide bonds. The highest BCUT2D eigenvalue weighted by Gasteiger charge is 2.28. The summed E-state index contributed by atoms with van der Waals surface area (Å²) in [5.41, 5.74) is 0.801. The van der Waals surface area contributed by atoms with Crippen molar-refractivity contribution in [2.45, 2.75) is 25.6 Å². The van der Waals surface area contributed by atoms with Crippen LogP contribution in [0.3, 0.4) is 0 Å². The Morgan fingerprint density at radius 2 is 2.00 bits per heavy atom. The van der Waals surface area contributed by atoms with Gasteiger partial charge in [-0.2, -0.15) is 13.2 Å². The molecular weight excluding hydrogens is 231 g/mol. The van der Waals surface area contributed by atoms with E-state index in [-0.39, 0.29) is 18.3 Å². The van der Waals surface area contributed by atoms with Gasteiger partial charge in [-0.05, 0) is 31.7 Å². The van der Waals surface area contributed by atoms with Gasteiger partial charge in [0.1, 0.15) is 5.75 Å². The van der Waals surface area contributed by atoms with Gasteiger partial charge in [0.25, 0.3) is 0 Å². The fourth-order valence-corrected chi connectivity index (χ4v) is 1.54. The molecular formula is C12H16F3NO. The molecule has 0 spiro atoms. The van der Waals surface area contributed by atoms with E-state index in [9.17, 15) is 18.3 Å². The maximum absolute atomic E-state index is 12.1. The van der Waals surface area contributed by atoms with Crippen LogP contribution in [0.25, 0.3) is 0 Å². The molecule has 0 saturated carbocycles. The Balaban J connectivity index is 2.60. The maximum Gasteiger partial charge on any atom is 0.390 e. The second-order valence-corrected chi connectivity index (χ2v) is 4.12. The number of nitrogens with zero attached hydrogens (tertiary/aromatic N) is 1. The van der Waals surface area contributed by atoms with Crippen LogP contribution in [0.15, 0.2) is 24.3 Å². The summed E-state index contributed by atoms with van der Waals surface area (Å²) in [6, 6.07) is 6.40. The van der Waals surface area contributed by atoms with E-state index in [1.54, 1.807) is 30.1 Å². The van der Waals surface area contributed by atoms with Gasteiger partial charge < -0.3 is 5.11 Å². The number of alkyl halides is 3. The molecule has 1 aromatic rings. The smallest absolute Gasteiger partial charge is 0.390 e. The van der Waals surface area contributed by atoms with E-state index in [2.05, 4.69) is 0 Å². The van der Waals surface area contributed by atoms with Crippen molar-refractivity contribution in [2.24, 2.45) is 0 Å². The minimum absolute atomic E-state index is 0.0552. The third-order valence-corrected chi connectivity index (χ3v) is 2.76. The van der Waals surface area contributed by atoms with Crippen LogP contribution in [-0.4, -0.2) is 29.8 Å². The molecule has 1 unspecified atom stereocenters. The Labute approximate surface area is 98.7 Å². The Morgan fingerprint density at radius 3 is 2.53 bits per heavy atom. The molecule has 1 aromatic carbocycles. The molecule has 1 atom stereocenters. The molecule has 0 aliphatic heterocycles. The summed E-state index contributed by atoms with van der Waals surface area (Å²) < 4.78 is 36.2. The zero-order valence-corrected chi connectivity index (χ0v) is 9.83. The van der Waals surface area contributed by atoms with Crippen molar-refractivity contribution in [3.8, 4) is 5.75 Å². The summed E-state index contributed by atoms with van der Waals surface area (Å²) in [5, 5.41) is 9.30. The molecule has 1 N–H and O–H groups in total. The first-order chi connectivity index (χ1) is 7.79. The first-order valence-corrected chi connectivity index (χ1v) is 5.35. The fraction of sp³-hybridized carbons (Fsp3) is 0.500. The molecule has 0 bridgehead atoms. The topological polar surface area (TPSA) is 23.5 Å². The second kappa shape index (κ2) is 5.40. The number of phenols is 1. The van der Waals surface area contributed by atoms with Crippen molar-refractivity contribution in [3.63, 3.8) is 0 Å². The second-order valence-electron chi connectivity index (χ2n) is 4.12. The average Bonchev–Trinajstić information content (AvgIpc) is 2.24. The first-order valence-electron chi connectivity index (χ1n) is 5.35. The molecule has 96 valence electrons. The minimum Gasteiger partial charge on any atom is -0.508 e. The summed E-state index contributed by atoms with van der Waals surface area (Å²) in [7, 11) is 1.64. The molecule has 0 aliphatic carbocycles. The lowest BCUT2D eigenvalue weighted by atomic mass is 10.1. The van der Waals surface area contributed by atoms with Crippen molar-refractivity contribution in [3.05, 3.63) is 29.8 Å². The Hall–Kier alpha value is -1.23. The van der Waals surface area contributed by atoms with Crippen molar-refractivity contribution in [2.75, 3.05) is 13.6 Å². The number of rotatable bonds is 4. The number of aromatic hydroxyl groups is 1. The molecule has 0 radical (unpaired) electrons. The Bertz CT molecular complexity index is 365. The van der Waals surface area contributed by atoms with Crippen LogP contribution in [-0.2, 0) is 0 Å². The van der Waals surface area contributed by atoms with Crippen molar-refractivity contribution in [1.29, 1.82) is 0 Å². The summed E-state index contributed by atoms with van der Waals surface area (Å²) >= 11 is 0. The highest BCUT2D eigenvalue weighted by Crippen LogP contribution is 2.25. The number of halogens is 3. The molecule has 0 saturated heterocycles. The quantitative estimate of drug-likeness (QED) is 0.882. The number of benzene rings is 1. The molecule has 0 aliphatic rings. The molecule has 5 heteroatoms. The van der Waals surface area contributed by atoms with Gasteiger partial charge in [-0.25, -0.2) is 0 Å². The van der Waals surface area contributed by atoms with Gasteiger partial charge in [0.05, 0.1) is 6.42 Å². The highest BCUT2D eigenvalue weighted by molar-refractivity contribution is 5.29. The van der Waals surface area contributed by atoms with E-state index in [1.807, 2.05) is 6.92 Å². The SMILES string of the molecule is CC(c1cccc(O)c1)N(C)CCC(F)(F)F. The predicted molar refractivity (Wildman–Crippen MR) is 59.8 cm³/mol. The van der Waals surface area contributed by atoms with E-state index in [1.165, 1.54) is 6.07 Å². The van der Waals surface area contributed by atoms with E-state index in [0.717, 1.165) is 5.56 Å². The molecule has 2 nitrogen and oxygen atoms in total. The first kappa shape index (κ1) is 13.8. The van der Waals surface area contributed by atoms with Crippen LogP contribution in [0.4, 0.5) is 13.2 Å². The van der Waals surface area contributed by atoms with Crippen LogP contribution >= 0.6 is 0 Å². The van der Waals surface area contributed by atoms with Gasteiger partial charge in [0, 0.05) is 12.6 Å². The standard InChI is InChI=1S/C12H16F3NO/c1-9(10-4-3-5-11(17)8-10)16(2)7-6-12(13,14)15/h3-5,8-9,17H,6-7H2,1-2H3. The van der Waals surface area contributed by atoms with Crippen LogP contribution in [0.1, 0.15) is 24.9 Å². The fourth-order valence-electron chi connectivity index (χ4n) is 1.54. The van der Waals surface area contributed by atoms with Gasteiger partial charge in [0.15, 0.2) is 0 Å². The third kappa shape index (κ3) is 4.65. The normalized spacial score (nSPS) is 14.0. The summed E-state index contributed by atoms with van der Waals surface area (Å²) in [5.74, 6) is 0.124. The zero-order chi connectivity index (χ0) is 13.1. The van der Waals surface area contributed by atoms with Crippen LogP contribution in [0.2, 0.25) is 0 Å². The lowest BCUT2D eigenvalue weighted by molar-refractivity contribution is -0.138. The summed E-state index contributed by atoms with van der Waals surface area (Å²) in [6.07, 6.45) is -4.96. The van der Waals surface area contributed by atoms with E-state index < -0.39 is 12.6 Å². The molecule has 0 aromatic heterocycles. The summed E-state index contributed by atoms with van der Waals surface area (Å²) in [6.45, 7) is 1.76. The van der Waals surface area contributed by atoms with Gasteiger partial charge >= 0.3 is 6.18 Å². The highest BCUT2D eigenvalue weighted by atomic mass is 19.4. The van der Waals surface area contributed by atoms with E-state index in [4.69, 9.17) is 0 Å². The van der Waals surface area contributed by atoms with Gasteiger partial charge in [-0.3, -0.25) is 4.90 Å². The van der Waals surface area contributed by atoms with Gasteiger partial charge in [0.2, 0.25) is 0 Å². The predicted octanol–water partition coefficient (Wildman–Crippen LogP) is 3.34. The van der Waals surface area contributed by atoms with E-state index >= 15 is 0 Å². The van der Waals surface area contributed by atoms with Gasteiger partial charge in [-0.15, -0.1) is 0 Å². The van der Waals surface area contributed by atoms with Gasteiger partial charge in [-0.1, -0.05) is 12.1 Å². The van der Waals surface area contributed by atoms with E-state index in [0.29, 0.717) is 0 Å². The van der Waals surface area contributed by atoms with Crippen LogP contribution in [0, 0.1) is 0 Å². The lowest BCUT2D eigenvalue weighted by Gasteiger charge is -2.25. The minimum atomic E-state index is -4.13. The molecule has 0 fully saturated rings. The largest absolute Gasteiger partial charge is 0.508 e. The monoisotopic (exact) mass is 247 g/mol. The van der Waals surface area contributed by atoms with Crippen molar-refractivity contribution in [1.82, 2.24) is 4.90 Å².